The van der Waals surface area contributed by atoms with Crippen molar-refractivity contribution in [1.29, 1.82) is 0 Å². The van der Waals surface area contributed by atoms with Crippen molar-refractivity contribution < 1.29 is 0 Å². The van der Waals surface area contributed by atoms with E-state index in [4.69, 9.17) is 0 Å². The van der Waals surface area contributed by atoms with Gasteiger partial charge in [-0.1, -0.05) is 18.2 Å². The number of para-hydroxylation sites is 1. The molecule has 6 heteroatoms. The largest absolute Gasteiger partial charge is 0.324 e. The molecule has 0 bridgehead atoms. The first kappa shape index (κ1) is 16.9. The molecule has 140 valence electrons. The first-order valence-corrected chi connectivity index (χ1v) is 9.23. The van der Waals surface area contributed by atoms with Gasteiger partial charge in [0.2, 0.25) is 5.95 Å². The number of anilines is 2. The monoisotopic (exact) mass is 379 g/mol. The van der Waals surface area contributed by atoms with Crippen LogP contribution in [-0.4, -0.2) is 19.1 Å². The van der Waals surface area contributed by atoms with Crippen molar-refractivity contribution in [3.8, 4) is 11.4 Å². The Labute approximate surface area is 166 Å². The van der Waals surface area contributed by atoms with E-state index in [1.54, 1.807) is 16.8 Å². The van der Waals surface area contributed by atoms with Crippen LogP contribution in [0.2, 0.25) is 0 Å². The van der Waals surface area contributed by atoms with Crippen LogP contribution in [0.4, 0.5) is 11.6 Å². The molecule has 0 aliphatic rings. The number of benzene rings is 2. The summed E-state index contributed by atoms with van der Waals surface area (Å²) in [7, 11) is 0. The molecular formula is C23H17N5O. The van der Waals surface area contributed by atoms with E-state index in [2.05, 4.69) is 15.3 Å². The fourth-order valence-electron chi connectivity index (χ4n) is 3.26. The van der Waals surface area contributed by atoms with Gasteiger partial charge in [-0.15, -0.1) is 0 Å². The SMILES string of the molecule is O=c1ccc2cnc(Nc3ccc(-n4cccc4)cc3)nc2n1-c1ccccc1. The molecule has 0 saturated carbocycles. The van der Waals surface area contributed by atoms with Gasteiger partial charge >= 0.3 is 0 Å². The van der Waals surface area contributed by atoms with E-state index in [-0.39, 0.29) is 5.56 Å². The predicted molar refractivity (Wildman–Crippen MR) is 114 cm³/mol. The minimum Gasteiger partial charge on any atom is -0.324 e. The average molecular weight is 379 g/mol. The lowest BCUT2D eigenvalue weighted by Gasteiger charge is -2.11. The minimum atomic E-state index is -0.135. The lowest BCUT2D eigenvalue weighted by Crippen LogP contribution is -2.18. The van der Waals surface area contributed by atoms with E-state index < -0.39 is 0 Å². The van der Waals surface area contributed by atoms with Gasteiger partial charge in [0, 0.05) is 41.4 Å². The number of nitrogens with zero attached hydrogens (tertiary/aromatic N) is 4. The zero-order valence-corrected chi connectivity index (χ0v) is 15.4. The Morgan fingerprint density at radius 3 is 2.28 bits per heavy atom. The molecule has 3 aromatic heterocycles. The van der Waals surface area contributed by atoms with Crippen LogP contribution in [0.25, 0.3) is 22.4 Å². The summed E-state index contributed by atoms with van der Waals surface area (Å²) in [6.07, 6.45) is 5.72. The molecule has 0 saturated heterocycles. The maximum Gasteiger partial charge on any atom is 0.256 e. The van der Waals surface area contributed by atoms with Crippen molar-refractivity contribution in [3.05, 3.63) is 108 Å². The summed E-state index contributed by atoms with van der Waals surface area (Å²) in [6, 6.07) is 24.7. The Morgan fingerprint density at radius 2 is 1.52 bits per heavy atom. The van der Waals surface area contributed by atoms with Gasteiger partial charge in [-0.3, -0.25) is 9.36 Å². The van der Waals surface area contributed by atoms with Crippen molar-refractivity contribution in [1.82, 2.24) is 19.1 Å². The zero-order valence-electron chi connectivity index (χ0n) is 15.4. The topological polar surface area (TPSA) is 64.7 Å². The molecule has 5 aromatic rings. The quantitative estimate of drug-likeness (QED) is 0.505. The van der Waals surface area contributed by atoms with Crippen LogP contribution in [0.3, 0.4) is 0 Å². The molecule has 0 fully saturated rings. The van der Waals surface area contributed by atoms with E-state index in [0.717, 1.165) is 22.4 Å². The molecule has 5 rings (SSSR count). The summed E-state index contributed by atoms with van der Waals surface area (Å²) in [5.41, 5.74) is 3.13. The number of fused-ring (bicyclic) bond motifs is 1. The zero-order chi connectivity index (χ0) is 19.6. The number of aromatic nitrogens is 4. The van der Waals surface area contributed by atoms with Gasteiger partial charge in [0.15, 0.2) is 5.65 Å². The molecule has 0 atom stereocenters. The maximum absolute atomic E-state index is 12.5. The van der Waals surface area contributed by atoms with E-state index in [1.165, 1.54) is 6.07 Å². The molecule has 0 spiro atoms. The number of hydrogen-bond acceptors (Lipinski definition) is 4. The molecule has 0 radical (unpaired) electrons. The van der Waals surface area contributed by atoms with Gasteiger partial charge in [-0.2, -0.15) is 4.98 Å². The van der Waals surface area contributed by atoms with Crippen LogP contribution in [0.5, 0.6) is 0 Å². The van der Waals surface area contributed by atoms with Crippen LogP contribution in [-0.2, 0) is 0 Å². The normalized spacial score (nSPS) is 10.9. The highest BCUT2D eigenvalue weighted by Crippen LogP contribution is 2.19. The first-order valence-electron chi connectivity index (χ1n) is 9.23. The highest BCUT2D eigenvalue weighted by Gasteiger charge is 2.09. The lowest BCUT2D eigenvalue weighted by molar-refractivity contribution is 1.01. The van der Waals surface area contributed by atoms with Gasteiger partial charge in [0.1, 0.15) is 0 Å². The van der Waals surface area contributed by atoms with Crippen LogP contribution < -0.4 is 10.9 Å². The summed E-state index contributed by atoms with van der Waals surface area (Å²) in [6.45, 7) is 0. The van der Waals surface area contributed by atoms with Crippen molar-refractivity contribution >= 4 is 22.7 Å². The molecular weight excluding hydrogens is 362 g/mol. The Balaban J connectivity index is 1.52. The van der Waals surface area contributed by atoms with E-state index in [9.17, 15) is 4.79 Å². The maximum atomic E-state index is 12.5. The van der Waals surface area contributed by atoms with Crippen molar-refractivity contribution in [3.63, 3.8) is 0 Å². The summed E-state index contributed by atoms with van der Waals surface area (Å²) in [4.78, 5) is 21.5. The fourth-order valence-corrected chi connectivity index (χ4v) is 3.26. The summed E-state index contributed by atoms with van der Waals surface area (Å²) < 4.78 is 3.63. The Hall–Kier alpha value is -4.19. The number of rotatable bonds is 4. The van der Waals surface area contributed by atoms with Crippen LogP contribution in [0, 0.1) is 0 Å². The lowest BCUT2D eigenvalue weighted by atomic mass is 10.2. The summed E-state index contributed by atoms with van der Waals surface area (Å²) >= 11 is 0. The molecule has 29 heavy (non-hydrogen) atoms. The van der Waals surface area contributed by atoms with E-state index in [0.29, 0.717) is 11.6 Å². The molecule has 0 unspecified atom stereocenters. The molecule has 0 aliphatic heterocycles. The Morgan fingerprint density at radius 1 is 0.759 bits per heavy atom. The number of nitrogens with one attached hydrogen (secondary N) is 1. The second-order valence-corrected chi connectivity index (χ2v) is 6.58. The number of hydrogen-bond donors (Lipinski definition) is 1. The number of pyridine rings is 1. The van der Waals surface area contributed by atoms with Crippen molar-refractivity contribution in [2.45, 2.75) is 0 Å². The molecule has 6 nitrogen and oxygen atoms in total. The summed E-state index contributed by atoms with van der Waals surface area (Å²) in [5, 5.41) is 4.01. The van der Waals surface area contributed by atoms with Crippen molar-refractivity contribution in [2.24, 2.45) is 0 Å². The fraction of sp³-hybridized carbons (Fsp3) is 0. The predicted octanol–water partition coefficient (Wildman–Crippen LogP) is 4.32. The summed E-state index contributed by atoms with van der Waals surface area (Å²) in [5.74, 6) is 0.432. The average Bonchev–Trinajstić information content (AvgIpc) is 3.30. The highest BCUT2D eigenvalue weighted by molar-refractivity contribution is 5.77. The highest BCUT2D eigenvalue weighted by atomic mass is 16.1. The van der Waals surface area contributed by atoms with Gasteiger partial charge in [0.05, 0.1) is 5.69 Å². The van der Waals surface area contributed by atoms with Gasteiger partial charge in [-0.25, -0.2) is 4.98 Å². The van der Waals surface area contributed by atoms with Gasteiger partial charge in [0.25, 0.3) is 5.56 Å². The first-order chi connectivity index (χ1) is 14.3. The van der Waals surface area contributed by atoms with E-state index >= 15 is 0 Å². The standard InChI is InChI=1S/C23H17N5O/c29-21-13-8-17-16-24-23(26-22(17)28(21)20-6-2-1-3-7-20)25-18-9-11-19(12-10-18)27-14-4-5-15-27/h1-16H,(H,24,25,26). The molecule has 2 aromatic carbocycles. The Bertz CT molecular complexity index is 1320. The van der Waals surface area contributed by atoms with Crippen LogP contribution in [0.15, 0.2) is 102 Å². The minimum absolute atomic E-state index is 0.135. The van der Waals surface area contributed by atoms with Crippen molar-refractivity contribution in [2.75, 3.05) is 5.32 Å². The third kappa shape index (κ3) is 3.27. The van der Waals surface area contributed by atoms with Gasteiger partial charge < -0.3 is 9.88 Å². The second-order valence-electron chi connectivity index (χ2n) is 6.58. The van der Waals surface area contributed by atoms with Crippen LogP contribution >= 0.6 is 0 Å². The molecule has 1 N–H and O–H groups in total. The second kappa shape index (κ2) is 7.09. The van der Waals surface area contributed by atoms with Crippen LogP contribution in [0.1, 0.15) is 0 Å². The third-order valence-electron chi connectivity index (χ3n) is 4.67. The smallest absolute Gasteiger partial charge is 0.256 e. The van der Waals surface area contributed by atoms with E-state index in [1.807, 2.05) is 83.7 Å². The molecule has 0 amide bonds. The molecule has 0 aliphatic carbocycles. The molecule has 3 heterocycles. The van der Waals surface area contributed by atoms with Gasteiger partial charge in [-0.05, 0) is 54.6 Å². The third-order valence-corrected chi connectivity index (χ3v) is 4.67. The Kier molecular flexibility index (Phi) is 4.14.